The number of halogens is 1. The molecule has 0 radical (unpaired) electrons. The summed E-state index contributed by atoms with van der Waals surface area (Å²) in [6.45, 7) is 0. The summed E-state index contributed by atoms with van der Waals surface area (Å²) in [5.41, 5.74) is 1.03. The Morgan fingerprint density at radius 1 is 1.22 bits per heavy atom. The molecule has 0 atom stereocenters. The Kier molecular flexibility index (Phi) is 4.81. The van der Waals surface area contributed by atoms with Crippen molar-refractivity contribution >= 4 is 22.8 Å². The van der Waals surface area contributed by atoms with Crippen molar-refractivity contribution < 1.29 is 23.8 Å². The van der Waals surface area contributed by atoms with Crippen molar-refractivity contribution in [3.63, 3.8) is 0 Å². The number of carbonyl (C=O) groups is 1. The van der Waals surface area contributed by atoms with Crippen LogP contribution in [-0.2, 0) is 0 Å². The van der Waals surface area contributed by atoms with E-state index in [1.165, 1.54) is 56.8 Å². The van der Waals surface area contributed by atoms with Crippen LogP contribution in [0, 0.1) is 17.1 Å². The molecule has 2 N–H and O–H groups in total. The molecule has 0 fully saturated rings. The third-order valence-electron chi connectivity index (χ3n) is 4.07. The molecule has 0 aliphatic rings. The van der Waals surface area contributed by atoms with Gasteiger partial charge in [0, 0.05) is 22.7 Å². The highest BCUT2D eigenvalue weighted by Gasteiger charge is 2.18. The van der Waals surface area contributed by atoms with Crippen molar-refractivity contribution in [2.75, 3.05) is 14.2 Å². The number of hydrogen-bond donors (Lipinski definition) is 2. The highest BCUT2D eigenvalue weighted by atomic mass is 19.1. The van der Waals surface area contributed by atoms with E-state index in [1.54, 1.807) is 0 Å². The number of phenols is 1. The average molecular weight is 366 g/mol. The lowest BCUT2D eigenvalue weighted by Gasteiger charge is -2.09. The lowest BCUT2D eigenvalue weighted by molar-refractivity contribution is 0.104. The van der Waals surface area contributed by atoms with Gasteiger partial charge in [-0.05, 0) is 42.0 Å². The van der Waals surface area contributed by atoms with Gasteiger partial charge in [0.2, 0.25) is 11.5 Å². The molecule has 0 aliphatic carbocycles. The molecule has 7 heteroatoms. The van der Waals surface area contributed by atoms with Crippen molar-refractivity contribution in [1.82, 2.24) is 4.98 Å². The van der Waals surface area contributed by atoms with E-state index < -0.39 is 11.6 Å². The van der Waals surface area contributed by atoms with Gasteiger partial charge in [-0.15, -0.1) is 0 Å². The van der Waals surface area contributed by atoms with Crippen LogP contribution in [0.25, 0.3) is 17.0 Å². The first kappa shape index (κ1) is 18.0. The average Bonchev–Trinajstić information content (AvgIpc) is 3.09. The lowest BCUT2D eigenvalue weighted by Crippen LogP contribution is -2.01. The van der Waals surface area contributed by atoms with E-state index in [9.17, 15) is 19.6 Å². The summed E-state index contributed by atoms with van der Waals surface area (Å²) in [6, 6.07) is 8.85. The van der Waals surface area contributed by atoms with Gasteiger partial charge >= 0.3 is 0 Å². The Labute approximate surface area is 154 Å². The van der Waals surface area contributed by atoms with Crippen molar-refractivity contribution in [3.8, 4) is 23.3 Å². The van der Waals surface area contributed by atoms with Crippen LogP contribution in [0.2, 0.25) is 0 Å². The van der Waals surface area contributed by atoms with Crippen LogP contribution in [0.3, 0.4) is 0 Å². The summed E-state index contributed by atoms with van der Waals surface area (Å²) in [4.78, 5) is 15.6. The number of Topliss-reactive ketones (excluding diaryl/α,β-unsaturated/α-hetero) is 1. The first-order chi connectivity index (χ1) is 13.0. The molecule has 0 amide bonds. The maximum absolute atomic E-state index is 13.3. The topological polar surface area (TPSA) is 95.3 Å². The minimum atomic E-state index is -0.513. The van der Waals surface area contributed by atoms with Crippen molar-refractivity contribution in [2.24, 2.45) is 0 Å². The molecule has 27 heavy (non-hydrogen) atoms. The van der Waals surface area contributed by atoms with Gasteiger partial charge in [-0.25, -0.2) is 4.39 Å². The fourth-order valence-corrected chi connectivity index (χ4v) is 2.74. The lowest BCUT2D eigenvalue weighted by atomic mass is 10.0. The number of phenolic OH excluding ortho intramolecular Hbond substituents is 1. The second kappa shape index (κ2) is 7.22. The van der Waals surface area contributed by atoms with E-state index in [-0.39, 0.29) is 28.4 Å². The summed E-state index contributed by atoms with van der Waals surface area (Å²) in [5, 5.41) is 19.9. The van der Waals surface area contributed by atoms with Crippen LogP contribution in [-0.4, -0.2) is 30.1 Å². The highest BCUT2D eigenvalue weighted by molar-refractivity contribution is 6.19. The molecule has 1 heterocycles. The maximum Gasteiger partial charge on any atom is 0.205 e. The zero-order valence-electron chi connectivity index (χ0n) is 14.5. The first-order valence-electron chi connectivity index (χ1n) is 7.86. The van der Waals surface area contributed by atoms with Crippen molar-refractivity contribution in [3.05, 3.63) is 59.0 Å². The maximum atomic E-state index is 13.3. The Morgan fingerprint density at radius 3 is 2.48 bits per heavy atom. The Morgan fingerprint density at radius 2 is 1.89 bits per heavy atom. The van der Waals surface area contributed by atoms with Gasteiger partial charge in [0.25, 0.3) is 0 Å². The number of aromatic nitrogens is 1. The number of H-pyrrole nitrogens is 1. The van der Waals surface area contributed by atoms with Gasteiger partial charge in [-0.1, -0.05) is 0 Å². The van der Waals surface area contributed by atoms with E-state index in [4.69, 9.17) is 9.47 Å². The number of ether oxygens (including phenoxy) is 2. The van der Waals surface area contributed by atoms with Gasteiger partial charge in [0.1, 0.15) is 17.5 Å². The summed E-state index contributed by atoms with van der Waals surface area (Å²) < 4.78 is 23.5. The number of allylic oxidation sites excluding steroid dienone is 1. The number of nitrogens with one attached hydrogen (secondary N) is 1. The minimum Gasteiger partial charge on any atom is -0.502 e. The molecule has 3 aromatic rings. The van der Waals surface area contributed by atoms with Crippen molar-refractivity contribution in [1.29, 1.82) is 5.26 Å². The number of carbonyl (C=O) groups excluding carboxylic acids is 1. The van der Waals surface area contributed by atoms with Gasteiger partial charge in [0.15, 0.2) is 11.5 Å². The summed E-state index contributed by atoms with van der Waals surface area (Å²) >= 11 is 0. The number of nitriles is 1. The highest BCUT2D eigenvalue weighted by Crippen LogP contribution is 2.37. The predicted octanol–water partition coefficient (Wildman–Crippen LogP) is 3.82. The third kappa shape index (κ3) is 3.33. The number of nitrogens with zero attached hydrogens (tertiary/aromatic N) is 1. The molecule has 6 nitrogen and oxygen atoms in total. The second-order valence-electron chi connectivity index (χ2n) is 5.67. The van der Waals surface area contributed by atoms with Gasteiger partial charge < -0.3 is 19.6 Å². The monoisotopic (exact) mass is 366 g/mol. The number of ketones is 1. The molecule has 0 spiro atoms. The minimum absolute atomic E-state index is 0.130. The summed E-state index contributed by atoms with van der Waals surface area (Å²) in [5.74, 6) is -0.828. The molecule has 0 saturated carbocycles. The van der Waals surface area contributed by atoms with E-state index >= 15 is 0 Å². The number of hydrogen-bond acceptors (Lipinski definition) is 5. The largest absolute Gasteiger partial charge is 0.502 e. The zero-order valence-corrected chi connectivity index (χ0v) is 14.5. The van der Waals surface area contributed by atoms with E-state index in [2.05, 4.69) is 4.98 Å². The number of rotatable bonds is 5. The third-order valence-corrected chi connectivity index (χ3v) is 4.07. The number of benzene rings is 2. The number of fused-ring (bicyclic) bond motifs is 1. The molecule has 1 aromatic heterocycles. The fraction of sp³-hybridized carbons (Fsp3) is 0.100. The molecular weight excluding hydrogens is 351 g/mol. The van der Waals surface area contributed by atoms with Gasteiger partial charge in [-0.2, -0.15) is 5.26 Å². The SMILES string of the molecule is COc1cc(C=C(C#N)C(=O)c2c[nH]c3cc(F)ccc23)cc(OC)c1O. The van der Waals surface area contributed by atoms with Crippen LogP contribution in [0.5, 0.6) is 17.2 Å². The molecule has 0 saturated heterocycles. The number of aromatic amines is 1. The van der Waals surface area contributed by atoms with Crippen molar-refractivity contribution in [2.45, 2.75) is 0 Å². The molecule has 0 bridgehead atoms. The van der Waals surface area contributed by atoms with Crippen LogP contribution in [0.15, 0.2) is 42.1 Å². The van der Waals surface area contributed by atoms with E-state index in [0.717, 1.165) is 0 Å². The molecule has 136 valence electrons. The quantitative estimate of drug-likeness (QED) is 0.407. The summed E-state index contributed by atoms with van der Waals surface area (Å²) in [6.07, 6.45) is 2.81. The van der Waals surface area contributed by atoms with Crippen LogP contribution in [0.1, 0.15) is 15.9 Å². The number of aromatic hydroxyl groups is 1. The normalized spacial score (nSPS) is 11.3. The van der Waals surface area contributed by atoms with Gasteiger partial charge in [0.05, 0.1) is 14.2 Å². The molecule has 2 aromatic carbocycles. The number of methoxy groups -OCH3 is 2. The predicted molar refractivity (Wildman–Crippen MR) is 97.4 cm³/mol. The van der Waals surface area contributed by atoms with Gasteiger partial charge in [-0.3, -0.25) is 4.79 Å². The Hall–Kier alpha value is -3.79. The second-order valence-corrected chi connectivity index (χ2v) is 5.67. The van der Waals surface area contributed by atoms with Crippen LogP contribution < -0.4 is 9.47 Å². The molecular formula is C20H15FN2O4. The smallest absolute Gasteiger partial charge is 0.205 e. The molecule has 0 aliphatic heterocycles. The first-order valence-corrected chi connectivity index (χ1v) is 7.86. The molecule has 3 rings (SSSR count). The van der Waals surface area contributed by atoms with E-state index in [0.29, 0.717) is 16.5 Å². The Bertz CT molecular complexity index is 1080. The zero-order chi connectivity index (χ0) is 19.6. The van der Waals surface area contributed by atoms with E-state index in [1.807, 2.05) is 6.07 Å². The van der Waals surface area contributed by atoms with Crippen LogP contribution >= 0.6 is 0 Å². The van der Waals surface area contributed by atoms with Crippen LogP contribution in [0.4, 0.5) is 4.39 Å². The summed E-state index contributed by atoms with van der Waals surface area (Å²) in [7, 11) is 2.76. The molecule has 0 unspecified atom stereocenters. The fourth-order valence-electron chi connectivity index (χ4n) is 2.74. The standard InChI is InChI=1S/C20H15FN2O4/c1-26-17-6-11(7-18(27-2)20(17)25)5-12(9-22)19(24)15-10-23-16-8-13(21)3-4-14(15)16/h3-8,10,23,25H,1-2H3. The Balaban J connectivity index is 2.06.